The van der Waals surface area contributed by atoms with Crippen molar-refractivity contribution < 1.29 is 9.13 Å². The number of rotatable bonds is 6. The van der Waals surface area contributed by atoms with Crippen molar-refractivity contribution in [3.05, 3.63) is 29.6 Å². The molecule has 0 aliphatic rings. The summed E-state index contributed by atoms with van der Waals surface area (Å²) in [7, 11) is 0. The summed E-state index contributed by atoms with van der Waals surface area (Å²) >= 11 is 0. The summed E-state index contributed by atoms with van der Waals surface area (Å²) in [5, 5.41) is 7.04. The van der Waals surface area contributed by atoms with Crippen molar-refractivity contribution in [1.29, 1.82) is 5.41 Å². The molecule has 16 heavy (non-hydrogen) atoms. The van der Waals surface area contributed by atoms with Gasteiger partial charge in [-0.15, -0.1) is 0 Å². The number of benzene rings is 1. The van der Waals surface area contributed by atoms with Crippen molar-refractivity contribution in [2.24, 2.45) is 5.73 Å². The van der Waals surface area contributed by atoms with Crippen molar-refractivity contribution in [3.8, 4) is 5.75 Å². The lowest BCUT2D eigenvalue weighted by Gasteiger charge is -2.08. The second-order valence-corrected chi connectivity index (χ2v) is 3.74. The van der Waals surface area contributed by atoms with Crippen LogP contribution in [0.15, 0.2) is 18.2 Å². The first-order valence-corrected chi connectivity index (χ1v) is 5.31. The molecule has 3 N–H and O–H groups in total. The van der Waals surface area contributed by atoms with Crippen LogP contribution in [-0.4, -0.2) is 12.4 Å². The highest BCUT2D eigenvalue weighted by molar-refractivity contribution is 5.76. The van der Waals surface area contributed by atoms with Gasteiger partial charge < -0.3 is 10.5 Å². The van der Waals surface area contributed by atoms with E-state index < -0.39 is 0 Å². The van der Waals surface area contributed by atoms with Crippen LogP contribution >= 0.6 is 0 Å². The normalized spacial score (nSPS) is 10.1. The van der Waals surface area contributed by atoms with Crippen molar-refractivity contribution in [1.82, 2.24) is 0 Å². The standard InChI is InChI=1S/C12H17FN2O/c1-9-5-6-10(13)8-11(9)16-7-3-2-4-12(14)15/h5-6,8H,2-4,7H2,1H3,(H3,14,15). The fourth-order valence-corrected chi connectivity index (χ4v) is 1.33. The second kappa shape index (κ2) is 6.10. The Hall–Kier alpha value is -1.58. The van der Waals surface area contributed by atoms with E-state index in [1.807, 2.05) is 6.92 Å². The van der Waals surface area contributed by atoms with E-state index in [1.54, 1.807) is 6.07 Å². The minimum atomic E-state index is -0.288. The largest absolute Gasteiger partial charge is 0.493 e. The molecule has 1 aromatic rings. The number of halogens is 1. The first-order valence-electron chi connectivity index (χ1n) is 5.31. The van der Waals surface area contributed by atoms with E-state index in [1.165, 1.54) is 12.1 Å². The van der Waals surface area contributed by atoms with Gasteiger partial charge >= 0.3 is 0 Å². The Morgan fingerprint density at radius 3 is 2.88 bits per heavy atom. The molecule has 0 radical (unpaired) electrons. The van der Waals surface area contributed by atoms with E-state index in [4.69, 9.17) is 15.9 Å². The van der Waals surface area contributed by atoms with Crippen LogP contribution in [0.25, 0.3) is 0 Å². The number of ether oxygens (including phenoxy) is 1. The highest BCUT2D eigenvalue weighted by Gasteiger charge is 2.01. The molecule has 0 atom stereocenters. The van der Waals surface area contributed by atoms with Gasteiger partial charge in [-0.3, -0.25) is 5.41 Å². The van der Waals surface area contributed by atoms with Gasteiger partial charge in [0.05, 0.1) is 12.4 Å². The summed E-state index contributed by atoms with van der Waals surface area (Å²) in [5.41, 5.74) is 6.15. The van der Waals surface area contributed by atoms with Gasteiger partial charge in [-0.1, -0.05) is 6.07 Å². The molecular formula is C12H17FN2O. The summed E-state index contributed by atoms with van der Waals surface area (Å²) in [4.78, 5) is 0. The third kappa shape index (κ3) is 4.29. The van der Waals surface area contributed by atoms with Crippen molar-refractivity contribution in [2.75, 3.05) is 6.61 Å². The Labute approximate surface area is 94.9 Å². The van der Waals surface area contributed by atoms with E-state index in [0.717, 1.165) is 18.4 Å². The number of nitrogens with two attached hydrogens (primary N) is 1. The minimum absolute atomic E-state index is 0.196. The molecule has 0 spiro atoms. The quantitative estimate of drug-likeness (QED) is 0.443. The lowest BCUT2D eigenvalue weighted by atomic mass is 10.2. The van der Waals surface area contributed by atoms with Crippen LogP contribution in [-0.2, 0) is 0 Å². The molecule has 0 saturated heterocycles. The number of hydrogen-bond donors (Lipinski definition) is 2. The maximum Gasteiger partial charge on any atom is 0.126 e. The molecule has 1 aromatic carbocycles. The van der Waals surface area contributed by atoms with Gasteiger partial charge in [-0.2, -0.15) is 0 Å². The van der Waals surface area contributed by atoms with Crippen molar-refractivity contribution >= 4 is 5.84 Å². The smallest absolute Gasteiger partial charge is 0.126 e. The lowest BCUT2D eigenvalue weighted by Crippen LogP contribution is -2.09. The van der Waals surface area contributed by atoms with Crippen LogP contribution < -0.4 is 10.5 Å². The predicted molar refractivity (Wildman–Crippen MR) is 62.4 cm³/mol. The molecule has 4 heteroatoms. The number of nitrogens with one attached hydrogen (secondary N) is 1. The predicted octanol–water partition coefficient (Wildman–Crippen LogP) is 2.62. The van der Waals surface area contributed by atoms with Crippen molar-refractivity contribution in [3.63, 3.8) is 0 Å². The van der Waals surface area contributed by atoms with E-state index in [0.29, 0.717) is 18.8 Å². The average Bonchev–Trinajstić information content (AvgIpc) is 2.22. The van der Waals surface area contributed by atoms with Gasteiger partial charge in [0.1, 0.15) is 11.6 Å². The van der Waals surface area contributed by atoms with E-state index in [9.17, 15) is 4.39 Å². The zero-order valence-corrected chi connectivity index (χ0v) is 9.42. The molecule has 0 saturated carbocycles. The van der Waals surface area contributed by atoms with Crippen molar-refractivity contribution in [2.45, 2.75) is 26.2 Å². The van der Waals surface area contributed by atoms with Crippen LogP contribution in [0.5, 0.6) is 5.75 Å². The first kappa shape index (κ1) is 12.5. The zero-order valence-electron chi connectivity index (χ0n) is 9.42. The van der Waals surface area contributed by atoms with Crippen LogP contribution in [0.3, 0.4) is 0 Å². The van der Waals surface area contributed by atoms with Gasteiger partial charge in [0.25, 0.3) is 0 Å². The summed E-state index contributed by atoms with van der Waals surface area (Å²) in [6.07, 6.45) is 2.23. The van der Waals surface area contributed by atoms with Gasteiger partial charge in [0, 0.05) is 12.5 Å². The molecule has 0 bridgehead atoms. The highest BCUT2D eigenvalue weighted by Crippen LogP contribution is 2.18. The Morgan fingerprint density at radius 2 is 2.19 bits per heavy atom. The summed E-state index contributed by atoms with van der Waals surface area (Å²) in [6, 6.07) is 4.50. The number of amidine groups is 1. The third-order valence-corrected chi connectivity index (χ3v) is 2.25. The monoisotopic (exact) mass is 224 g/mol. The fourth-order valence-electron chi connectivity index (χ4n) is 1.33. The number of hydrogen-bond acceptors (Lipinski definition) is 2. The molecule has 0 amide bonds. The Balaban J connectivity index is 2.31. The molecular weight excluding hydrogens is 207 g/mol. The molecule has 0 aliphatic carbocycles. The topological polar surface area (TPSA) is 59.1 Å². The van der Waals surface area contributed by atoms with E-state index in [-0.39, 0.29) is 11.7 Å². The molecule has 0 aliphatic heterocycles. The maximum absolute atomic E-state index is 12.9. The van der Waals surface area contributed by atoms with Crippen LogP contribution in [0.4, 0.5) is 4.39 Å². The Morgan fingerprint density at radius 1 is 1.44 bits per heavy atom. The summed E-state index contributed by atoms with van der Waals surface area (Å²) < 4.78 is 18.4. The summed E-state index contributed by atoms with van der Waals surface area (Å²) in [6.45, 7) is 2.40. The van der Waals surface area contributed by atoms with Gasteiger partial charge in [0.15, 0.2) is 0 Å². The van der Waals surface area contributed by atoms with Crippen LogP contribution in [0.1, 0.15) is 24.8 Å². The highest BCUT2D eigenvalue weighted by atomic mass is 19.1. The number of unbranched alkanes of at least 4 members (excludes halogenated alkanes) is 1. The van der Waals surface area contributed by atoms with Gasteiger partial charge in [-0.25, -0.2) is 4.39 Å². The van der Waals surface area contributed by atoms with Gasteiger partial charge in [0.2, 0.25) is 0 Å². The van der Waals surface area contributed by atoms with E-state index in [2.05, 4.69) is 0 Å². The molecule has 0 aromatic heterocycles. The number of aryl methyl sites for hydroxylation is 1. The lowest BCUT2D eigenvalue weighted by molar-refractivity contribution is 0.304. The molecule has 0 fully saturated rings. The van der Waals surface area contributed by atoms with E-state index >= 15 is 0 Å². The Bertz CT molecular complexity index is 366. The SMILES string of the molecule is Cc1ccc(F)cc1OCCCCC(=N)N. The fraction of sp³-hybridized carbons (Fsp3) is 0.417. The molecule has 1 rings (SSSR count). The molecule has 0 heterocycles. The van der Waals surface area contributed by atoms with Crippen LogP contribution in [0.2, 0.25) is 0 Å². The first-order chi connectivity index (χ1) is 7.59. The third-order valence-electron chi connectivity index (χ3n) is 2.25. The zero-order chi connectivity index (χ0) is 12.0. The molecule has 3 nitrogen and oxygen atoms in total. The molecule has 0 unspecified atom stereocenters. The molecule has 88 valence electrons. The minimum Gasteiger partial charge on any atom is -0.493 e. The maximum atomic E-state index is 12.9. The van der Waals surface area contributed by atoms with Crippen LogP contribution in [0, 0.1) is 18.2 Å². The second-order valence-electron chi connectivity index (χ2n) is 3.74. The average molecular weight is 224 g/mol. The summed E-state index contributed by atoms with van der Waals surface area (Å²) in [5.74, 6) is 0.495. The van der Waals surface area contributed by atoms with Gasteiger partial charge in [-0.05, 0) is 31.4 Å². The Kier molecular flexibility index (Phi) is 4.76.